The van der Waals surface area contributed by atoms with Gasteiger partial charge >= 0.3 is 12.1 Å². The standard InChI is InChI=1S/C25H25N5O5/c1-2-21(23(31)29-11-15(12-29)30-13-22(24(32)33)27-28-30)26-25(34)35-14-20-18-9-5-3-7-16(18)17-8-4-6-10-19(17)20/h3-10,13,15,20-21H,2,11-12,14H2,1H3,(H,26,34)(H,32,33). The number of carbonyl (C=O) groups is 3. The Morgan fingerprint density at radius 1 is 1.09 bits per heavy atom. The van der Waals surface area contributed by atoms with Crippen molar-refractivity contribution in [3.8, 4) is 11.1 Å². The molecule has 35 heavy (non-hydrogen) atoms. The zero-order valence-corrected chi connectivity index (χ0v) is 19.1. The van der Waals surface area contributed by atoms with E-state index in [4.69, 9.17) is 9.84 Å². The Hall–Kier alpha value is -4.21. The molecule has 1 saturated heterocycles. The first-order valence-corrected chi connectivity index (χ1v) is 11.5. The van der Waals surface area contributed by atoms with Gasteiger partial charge in [0.25, 0.3) is 0 Å². The van der Waals surface area contributed by atoms with Gasteiger partial charge < -0.3 is 20.1 Å². The number of amides is 2. The van der Waals surface area contributed by atoms with E-state index in [9.17, 15) is 14.4 Å². The number of alkyl carbamates (subject to hydrolysis) is 1. The molecule has 180 valence electrons. The Balaban J connectivity index is 1.16. The minimum atomic E-state index is -1.15. The largest absolute Gasteiger partial charge is 0.476 e. The fraction of sp³-hybridized carbons (Fsp3) is 0.320. The van der Waals surface area contributed by atoms with E-state index < -0.39 is 18.1 Å². The third kappa shape index (κ3) is 4.23. The highest BCUT2D eigenvalue weighted by Crippen LogP contribution is 2.44. The van der Waals surface area contributed by atoms with Crippen molar-refractivity contribution in [1.82, 2.24) is 25.2 Å². The molecule has 2 N–H and O–H groups in total. The predicted molar refractivity (Wildman–Crippen MR) is 125 cm³/mol. The first-order chi connectivity index (χ1) is 17.0. The molecule has 1 aromatic heterocycles. The topological polar surface area (TPSA) is 127 Å². The first kappa shape index (κ1) is 22.6. The summed E-state index contributed by atoms with van der Waals surface area (Å²) in [6, 6.07) is 15.3. The van der Waals surface area contributed by atoms with Crippen LogP contribution in [0.1, 0.15) is 46.9 Å². The highest BCUT2D eigenvalue weighted by atomic mass is 16.5. The summed E-state index contributed by atoms with van der Waals surface area (Å²) < 4.78 is 7.02. The summed E-state index contributed by atoms with van der Waals surface area (Å²) in [5, 5.41) is 19.1. The lowest BCUT2D eigenvalue weighted by atomic mass is 9.98. The van der Waals surface area contributed by atoms with Crippen molar-refractivity contribution in [2.75, 3.05) is 19.7 Å². The lowest BCUT2D eigenvalue weighted by molar-refractivity contribution is -0.139. The van der Waals surface area contributed by atoms with Crippen LogP contribution in [-0.2, 0) is 9.53 Å². The number of rotatable bonds is 7. The zero-order chi connectivity index (χ0) is 24.5. The van der Waals surface area contributed by atoms with Crippen LogP contribution in [0, 0.1) is 0 Å². The van der Waals surface area contributed by atoms with Gasteiger partial charge in [0.1, 0.15) is 12.6 Å². The molecular formula is C25H25N5O5. The minimum Gasteiger partial charge on any atom is -0.476 e. The van der Waals surface area contributed by atoms with Crippen molar-refractivity contribution in [3.63, 3.8) is 0 Å². The summed E-state index contributed by atoms with van der Waals surface area (Å²) in [4.78, 5) is 38.1. The highest BCUT2D eigenvalue weighted by Gasteiger charge is 2.37. The molecule has 2 aromatic carbocycles. The molecular weight excluding hydrogens is 450 g/mol. The molecule has 5 rings (SSSR count). The summed E-state index contributed by atoms with van der Waals surface area (Å²) >= 11 is 0. The minimum absolute atomic E-state index is 0.0570. The first-order valence-electron chi connectivity index (χ1n) is 11.5. The fourth-order valence-corrected chi connectivity index (χ4v) is 4.70. The lowest BCUT2D eigenvalue weighted by Crippen LogP contribution is -2.57. The average molecular weight is 476 g/mol. The van der Waals surface area contributed by atoms with Crippen LogP contribution in [0.15, 0.2) is 54.7 Å². The Labute approximate surface area is 201 Å². The number of aromatic nitrogens is 3. The number of benzene rings is 2. The van der Waals surface area contributed by atoms with E-state index in [0.717, 1.165) is 22.3 Å². The highest BCUT2D eigenvalue weighted by molar-refractivity contribution is 5.86. The molecule has 0 bridgehead atoms. The molecule has 10 nitrogen and oxygen atoms in total. The number of hydrogen-bond acceptors (Lipinski definition) is 6. The van der Waals surface area contributed by atoms with E-state index in [0.29, 0.717) is 19.5 Å². The third-order valence-electron chi connectivity index (χ3n) is 6.62. The maximum Gasteiger partial charge on any atom is 0.407 e. The lowest BCUT2D eigenvalue weighted by Gasteiger charge is -2.40. The van der Waals surface area contributed by atoms with Gasteiger partial charge in [-0.25, -0.2) is 14.3 Å². The van der Waals surface area contributed by atoms with Gasteiger partial charge in [0.15, 0.2) is 5.69 Å². The van der Waals surface area contributed by atoms with Gasteiger partial charge in [-0.05, 0) is 28.7 Å². The number of fused-ring (bicyclic) bond motifs is 3. The molecule has 1 unspecified atom stereocenters. The molecule has 1 aliphatic heterocycles. The van der Waals surface area contributed by atoms with Crippen LogP contribution in [0.3, 0.4) is 0 Å². The smallest absolute Gasteiger partial charge is 0.407 e. The summed E-state index contributed by atoms with van der Waals surface area (Å²) in [6.07, 6.45) is 1.13. The van der Waals surface area contributed by atoms with Crippen LogP contribution in [-0.4, -0.2) is 68.7 Å². The van der Waals surface area contributed by atoms with Crippen molar-refractivity contribution < 1.29 is 24.2 Å². The van der Waals surface area contributed by atoms with Crippen LogP contribution >= 0.6 is 0 Å². The number of nitrogens with zero attached hydrogens (tertiary/aromatic N) is 4. The molecule has 1 atom stereocenters. The van der Waals surface area contributed by atoms with Gasteiger partial charge in [-0.2, -0.15) is 0 Å². The molecule has 0 saturated carbocycles. The Bertz CT molecular complexity index is 1240. The normalized spacial score (nSPS) is 15.6. The molecule has 0 radical (unpaired) electrons. The number of carbonyl (C=O) groups excluding carboxylic acids is 2. The summed E-state index contributed by atoms with van der Waals surface area (Å²) in [5.74, 6) is -1.42. The van der Waals surface area contributed by atoms with Crippen LogP contribution in [0.25, 0.3) is 11.1 Å². The molecule has 3 aromatic rings. The Morgan fingerprint density at radius 3 is 2.29 bits per heavy atom. The number of nitrogens with one attached hydrogen (secondary N) is 1. The van der Waals surface area contributed by atoms with E-state index in [-0.39, 0.29) is 30.2 Å². The zero-order valence-electron chi connectivity index (χ0n) is 19.1. The molecule has 10 heteroatoms. The van der Waals surface area contributed by atoms with Crippen LogP contribution in [0.5, 0.6) is 0 Å². The van der Waals surface area contributed by atoms with Crippen LogP contribution < -0.4 is 5.32 Å². The van der Waals surface area contributed by atoms with E-state index >= 15 is 0 Å². The summed E-state index contributed by atoms with van der Waals surface area (Å²) in [5.41, 5.74) is 4.40. The second-order valence-electron chi connectivity index (χ2n) is 8.72. The van der Waals surface area contributed by atoms with Gasteiger partial charge in [-0.1, -0.05) is 60.7 Å². The van der Waals surface area contributed by atoms with Gasteiger partial charge in [-0.3, -0.25) is 4.79 Å². The van der Waals surface area contributed by atoms with Gasteiger partial charge in [0.2, 0.25) is 5.91 Å². The monoisotopic (exact) mass is 475 g/mol. The Morgan fingerprint density at radius 2 is 1.71 bits per heavy atom. The van der Waals surface area contributed by atoms with Crippen molar-refractivity contribution >= 4 is 18.0 Å². The number of likely N-dealkylation sites (tertiary alicyclic amines) is 1. The molecule has 1 aliphatic carbocycles. The average Bonchev–Trinajstić information content (AvgIpc) is 3.44. The quantitative estimate of drug-likeness (QED) is 0.538. The summed E-state index contributed by atoms with van der Waals surface area (Å²) in [7, 11) is 0. The maximum absolute atomic E-state index is 12.9. The number of carboxylic acid groups (broad SMARTS) is 1. The number of hydrogen-bond donors (Lipinski definition) is 2. The SMILES string of the molecule is CCC(NC(=O)OCC1c2ccccc2-c2ccccc21)C(=O)N1CC(n2cc(C(=O)O)nn2)C1. The fourth-order valence-electron chi connectivity index (χ4n) is 4.70. The number of carboxylic acids is 1. The van der Waals surface area contributed by atoms with E-state index in [1.54, 1.807) is 4.90 Å². The molecule has 2 aliphatic rings. The summed E-state index contributed by atoms with van der Waals surface area (Å²) in [6.45, 7) is 2.73. The van der Waals surface area contributed by atoms with Crippen LogP contribution in [0.2, 0.25) is 0 Å². The van der Waals surface area contributed by atoms with E-state index in [1.807, 2.05) is 31.2 Å². The number of ether oxygens (including phenoxy) is 1. The van der Waals surface area contributed by atoms with Gasteiger partial charge in [0, 0.05) is 19.0 Å². The molecule has 0 spiro atoms. The second-order valence-corrected chi connectivity index (χ2v) is 8.72. The van der Waals surface area contributed by atoms with E-state index in [1.165, 1.54) is 10.9 Å². The molecule has 1 fully saturated rings. The van der Waals surface area contributed by atoms with Crippen molar-refractivity contribution in [1.29, 1.82) is 0 Å². The van der Waals surface area contributed by atoms with Crippen molar-refractivity contribution in [2.24, 2.45) is 0 Å². The predicted octanol–water partition coefficient (Wildman–Crippen LogP) is 2.68. The number of aromatic carboxylic acids is 1. The third-order valence-corrected chi connectivity index (χ3v) is 6.62. The van der Waals surface area contributed by atoms with Crippen molar-refractivity contribution in [3.05, 3.63) is 71.5 Å². The molecule has 2 heterocycles. The van der Waals surface area contributed by atoms with Gasteiger partial charge in [0.05, 0.1) is 12.2 Å². The van der Waals surface area contributed by atoms with E-state index in [2.05, 4.69) is 39.9 Å². The van der Waals surface area contributed by atoms with Gasteiger partial charge in [-0.15, -0.1) is 5.10 Å². The maximum atomic E-state index is 12.9. The second kappa shape index (κ2) is 9.21. The molecule has 2 amide bonds. The van der Waals surface area contributed by atoms with Crippen LogP contribution in [0.4, 0.5) is 4.79 Å². The Kier molecular flexibility index (Phi) is 5.94. The van der Waals surface area contributed by atoms with Crippen molar-refractivity contribution in [2.45, 2.75) is 31.3 Å².